The summed E-state index contributed by atoms with van der Waals surface area (Å²) in [4.78, 5) is 23.3. The number of carbonyl (C=O) groups excluding carboxylic acids is 1. The standard InChI is InChI=1S/C22H22N4O2/c27-22(17-6-8-18(9-7-17)28-19-5-4-11-23-15-19)25-20-10-12-24-16-21(20)26-13-2-1-3-14-26/h4-12,15-16H,1-3,13-14H2,(H,24,25,27). The molecule has 1 N–H and O–H groups in total. The van der Waals surface area contributed by atoms with Crippen molar-refractivity contribution in [3.05, 3.63) is 72.8 Å². The molecule has 1 fully saturated rings. The molecule has 1 amide bonds. The van der Waals surface area contributed by atoms with Crippen LogP contribution in [0.5, 0.6) is 11.5 Å². The molecule has 2 aromatic heterocycles. The van der Waals surface area contributed by atoms with E-state index in [1.54, 1.807) is 42.9 Å². The van der Waals surface area contributed by atoms with E-state index in [9.17, 15) is 4.79 Å². The summed E-state index contributed by atoms with van der Waals surface area (Å²) in [7, 11) is 0. The summed E-state index contributed by atoms with van der Waals surface area (Å²) in [6, 6.07) is 12.6. The molecule has 6 heteroatoms. The molecule has 0 radical (unpaired) electrons. The van der Waals surface area contributed by atoms with Gasteiger partial charge >= 0.3 is 0 Å². The molecule has 1 saturated heterocycles. The summed E-state index contributed by atoms with van der Waals surface area (Å²) in [5, 5.41) is 3.02. The minimum absolute atomic E-state index is 0.155. The van der Waals surface area contributed by atoms with E-state index < -0.39 is 0 Å². The van der Waals surface area contributed by atoms with Gasteiger partial charge in [0.2, 0.25) is 0 Å². The zero-order valence-corrected chi connectivity index (χ0v) is 15.5. The molecular weight excluding hydrogens is 352 g/mol. The highest BCUT2D eigenvalue weighted by Crippen LogP contribution is 2.28. The largest absolute Gasteiger partial charge is 0.456 e. The molecule has 0 spiro atoms. The van der Waals surface area contributed by atoms with Gasteiger partial charge in [0, 0.05) is 31.0 Å². The highest BCUT2D eigenvalue weighted by molar-refractivity contribution is 6.05. The summed E-state index contributed by atoms with van der Waals surface area (Å²) in [5.41, 5.74) is 2.34. The number of ether oxygens (including phenoxy) is 1. The van der Waals surface area contributed by atoms with Crippen molar-refractivity contribution in [2.75, 3.05) is 23.3 Å². The van der Waals surface area contributed by atoms with E-state index in [2.05, 4.69) is 20.2 Å². The summed E-state index contributed by atoms with van der Waals surface area (Å²) in [5.74, 6) is 1.16. The highest BCUT2D eigenvalue weighted by Gasteiger charge is 2.16. The molecule has 3 heterocycles. The monoisotopic (exact) mass is 374 g/mol. The van der Waals surface area contributed by atoms with E-state index in [1.165, 1.54) is 19.3 Å². The van der Waals surface area contributed by atoms with Crippen LogP contribution in [0.25, 0.3) is 0 Å². The van der Waals surface area contributed by atoms with Crippen molar-refractivity contribution in [2.24, 2.45) is 0 Å². The van der Waals surface area contributed by atoms with Crippen LogP contribution in [0.3, 0.4) is 0 Å². The van der Waals surface area contributed by atoms with Crippen molar-refractivity contribution in [3.63, 3.8) is 0 Å². The molecule has 0 atom stereocenters. The molecular formula is C22H22N4O2. The van der Waals surface area contributed by atoms with E-state index in [0.717, 1.165) is 24.5 Å². The minimum atomic E-state index is -0.155. The van der Waals surface area contributed by atoms with Crippen molar-refractivity contribution < 1.29 is 9.53 Å². The van der Waals surface area contributed by atoms with Crippen LogP contribution >= 0.6 is 0 Å². The summed E-state index contributed by atoms with van der Waals surface area (Å²) >= 11 is 0. The van der Waals surface area contributed by atoms with Crippen molar-refractivity contribution in [1.29, 1.82) is 0 Å². The topological polar surface area (TPSA) is 67.4 Å². The fraction of sp³-hybridized carbons (Fsp3) is 0.227. The smallest absolute Gasteiger partial charge is 0.255 e. The van der Waals surface area contributed by atoms with Gasteiger partial charge in [-0.25, -0.2) is 0 Å². The first kappa shape index (κ1) is 18.0. The Morgan fingerprint density at radius 2 is 1.68 bits per heavy atom. The van der Waals surface area contributed by atoms with Crippen LogP contribution in [0.4, 0.5) is 11.4 Å². The fourth-order valence-electron chi connectivity index (χ4n) is 3.29. The maximum atomic E-state index is 12.7. The lowest BCUT2D eigenvalue weighted by atomic mass is 10.1. The van der Waals surface area contributed by atoms with E-state index in [0.29, 0.717) is 17.1 Å². The Kier molecular flexibility index (Phi) is 5.47. The summed E-state index contributed by atoms with van der Waals surface area (Å²) in [6.45, 7) is 1.99. The van der Waals surface area contributed by atoms with Gasteiger partial charge in [-0.2, -0.15) is 0 Å². The normalized spacial score (nSPS) is 13.8. The average Bonchev–Trinajstić information content (AvgIpc) is 2.76. The van der Waals surface area contributed by atoms with Crippen LogP contribution in [0.15, 0.2) is 67.3 Å². The summed E-state index contributed by atoms with van der Waals surface area (Å²) < 4.78 is 5.72. The molecule has 6 nitrogen and oxygen atoms in total. The number of hydrogen-bond acceptors (Lipinski definition) is 5. The second-order valence-corrected chi connectivity index (χ2v) is 6.71. The predicted molar refractivity (Wildman–Crippen MR) is 109 cm³/mol. The second-order valence-electron chi connectivity index (χ2n) is 6.71. The molecule has 142 valence electrons. The van der Waals surface area contributed by atoms with Crippen LogP contribution < -0.4 is 15.0 Å². The number of carbonyl (C=O) groups is 1. The molecule has 1 aromatic carbocycles. The third kappa shape index (κ3) is 4.28. The number of benzene rings is 1. The Balaban J connectivity index is 1.45. The van der Waals surface area contributed by atoms with Crippen LogP contribution in [-0.2, 0) is 0 Å². The molecule has 1 aliphatic heterocycles. The Labute approximate surface area is 164 Å². The lowest BCUT2D eigenvalue weighted by Gasteiger charge is -2.30. The van der Waals surface area contributed by atoms with Crippen LogP contribution in [0.1, 0.15) is 29.6 Å². The molecule has 0 aliphatic carbocycles. The number of aromatic nitrogens is 2. The van der Waals surface area contributed by atoms with Gasteiger partial charge in [-0.1, -0.05) is 0 Å². The SMILES string of the molecule is O=C(Nc1ccncc1N1CCCCC1)c1ccc(Oc2cccnc2)cc1. The quantitative estimate of drug-likeness (QED) is 0.712. The molecule has 0 saturated carbocycles. The predicted octanol–water partition coefficient (Wildman–Crippen LogP) is 4.51. The van der Waals surface area contributed by atoms with E-state index in [-0.39, 0.29) is 5.91 Å². The van der Waals surface area contributed by atoms with E-state index in [4.69, 9.17) is 4.74 Å². The van der Waals surface area contributed by atoms with Crippen LogP contribution in [0.2, 0.25) is 0 Å². The molecule has 3 aromatic rings. The number of rotatable bonds is 5. The first-order valence-electron chi connectivity index (χ1n) is 9.48. The second kappa shape index (κ2) is 8.52. The number of piperidine rings is 1. The van der Waals surface area contributed by atoms with E-state index in [1.807, 2.05) is 24.4 Å². The van der Waals surface area contributed by atoms with Gasteiger partial charge in [-0.15, -0.1) is 0 Å². The van der Waals surface area contributed by atoms with Crippen LogP contribution in [0, 0.1) is 0 Å². The maximum absolute atomic E-state index is 12.7. The number of anilines is 2. The molecule has 0 bridgehead atoms. The third-order valence-corrected chi connectivity index (χ3v) is 4.73. The van der Waals surface area contributed by atoms with E-state index >= 15 is 0 Å². The zero-order valence-electron chi connectivity index (χ0n) is 15.5. The molecule has 28 heavy (non-hydrogen) atoms. The summed E-state index contributed by atoms with van der Waals surface area (Å²) in [6.07, 6.45) is 10.5. The van der Waals surface area contributed by atoms with Crippen LogP contribution in [-0.4, -0.2) is 29.0 Å². The molecule has 0 unspecified atom stereocenters. The number of pyridine rings is 2. The lowest BCUT2D eigenvalue weighted by molar-refractivity contribution is 0.102. The maximum Gasteiger partial charge on any atom is 0.255 e. The molecule has 1 aliphatic rings. The molecule has 4 rings (SSSR count). The fourth-order valence-corrected chi connectivity index (χ4v) is 3.29. The van der Waals surface area contributed by atoms with Gasteiger partial charge in [0.15, 0.2) is 0 Å². The first-order chi connectivity index (χ1) is 13.8. The van der Waals surface area contributed by atoms with Gasteiger partial charge in [-0.3, -0.25) is 14.8 Å². The van der Waals surface area contributed by atoms with Crippen molar-refractivity contribution in [3.8, 4) is 11.5 Å². The van der Waals surface area contributed by atoms with Gasteiger partial charge in [-0.05, 0) is 61.7 Å². The Hall–Kier alpha value is -3.41. The van der Waals surface area contributed by atoms with Crippen molar-refractivity contribution in [1.82, 2.24) is 9.97 Å². The van der Waals surface area contributed by atoms with Gasteiger partial charge in [0.05, 0.1) is 23.8 Å². The van der Waals surface area contributed by atoms with Crippen molar-refractivity contribution in [2.45, 2.75) is 19.3 Å². The zero-order chi connectivity index (χ0) is 19.2. The third-order valence-electron chi connectivity index (χ3n) is 4.73. The highest BCUT2D eigenvalue weighted by atomic mass is 16.5. The number of hydrogen-bond donors (Lipinski definition) is 1. The number of nitrogens with zero attached hydrogens (tertiary/aromatic N) is 3. The Bertz CT molecular complexity index is 923. The van der Waals surface area contributed by atoms with Gasteiger partial charge < -0.3 is 15.0 Å². The lowest BCUT2D eigenvalue weighted by Crippen LogP contribution is -2.30. The first-order valence-corrected chi connectivity index (χ1v) is 9.48. The van der Waals surface area contributed by atoms with Crippen molar-refractivity contribution >= 4 is 17.3 Å². The number of nitrogens with one attached hydrogen (secondary N) is 1. The minimum Gasteiger partial charge on any atom is -0.456 e. The Morgan fingerprint density at radius 3 is 2.43 bits per heavy atom. The van der Waals surface area contributed by atoms with Gasteiger partial charge in [0.1, 0.15) is 11.5 Å². The average molecular weight is 374 g/mol. The Morgan fingerprint density at radius 1 is 0.893 bits per heavy atom. The van der Waals surface area contributed by atoms with Gasteiger partial charge in [0.25, 0.3) is 5.91 Å². The number of amides is 1.